The minimum Gasteiger partial charge on any atom is -0.465 e. The van der Waals surface area contributed by atoms with E-state index in [-0.39, 0.29) is 29.3 Å². The molecule has 0 spiro atoms. The van der Waals surface area contributed by atoms with Gasteiger partial charge in [0, 0.05) is 36.5 Å². The summed E-state index contributed by atoms with van der Waals surface area (Å²) in [6.45, 7) is 0.704. The summed E-state index contributed by atoms with van der Waals surface area (Å²) in [6, 6.07) is 7.29. The van der Waals surface area contributed by atoms with Crippen molar-refractivity contribution in [2.75, 3.05) is 24.6 Å². The summed E-state index contributed by atoms with van der Waals surface area (Å²) in [4.78, 5) is 20.9. The van der Waals surface area contributed by atoms with Crippen molar-refractivity contribution in [2.24, 2.45) is 5.92 Å². The Morgan fingerprint density at radius 1 is 1.14 bits per heavy atom. The van der Waals surface area contributed by atoms with Crippen molar-refractivity contribution in [3.8, 4) is 34.4 Å². The number of nitrogens with zero attached hydrogens (tertiary/aromatic N) is 5. The van der Waals surface area contributed by atoms with Crippen LogP contribution in [0.15, 0.2) is 47.3 Å². The fourth-order valence-electron chi connectivity index (χ4n) is 4.29. The molecule has 0 radical (unpaired) electrons. The lowest BCUT2D eigenvalue weighted by molar-refractivity contribution is 0.0999. The molecule has 0 atom stereocenters. The summed E-state index contributed by atoms with van der Waals surface area (Å²) in [5, 5.41) is 14.2. The van der Waals surface area contributed by atoms with Gasteiger partial charge >= 0.3 is 6.09 Å². The second kappa shape index (κ2) is 8.17. The maximum atomic E-state index is 13.6. The Labute approximate surface area is 204 Å². The van der Waals surface area contributed by atoms with Gasteiger partial charge in [0.15, 0.2) is 15.6 Å². The summed E-state index contributed by atoms with van der Waals surface area (Å²) >= 11 is 0. The molecule has 3 aromatic heterocycles. The number of halogens is 1. The Hall–Kier alpha value is -4.24. The molecule has 6 rings (SSSR count). The number of carboxylic acid groups (broad SMARTS) is 1. The normalized spacial score (nSPS) is 17.3. The quantitative estimate of drug-likeness (QED) is 0.419. The van der Waals surface area contributed by atoms with E-state index in [1.54, 1.807) is 29.1 Å². The molecule has 36 heavy (non-hydrogen) atoms. The van der Waals surface area contributed by atoms with Gasteiger partial charge in [0.1, 0.15) is 17.8 Å². The molecule has 1 N–H and O–H groups in total. The van der Waals surface area contributed by atoms with Gasteiger partial charge in [-0.25, -0.2) is 27.6 Å². The van der Waals surface area contributed by atoms with Crippen LogP contribution in [0.25, 0.3) is 33.6 Å². The molecule has 2 saturated heterocycles. The van der Waals surface area contributed by atoms with Gasteiger partial charge in [0.25, 0.3) is 0 Å². The minimum absolute atomic E-state index is 0.00207. The number of rotatable bonds is 3. The molecule has 2 aliphatic rings. The number of benzene rings is 1. The number of carbonyl (C=O) groups is 1. The highest BCUT2D eigenvalue weighted by molar-refractivity contribution is 7.92. The highest BCUT2D eigenvalue weighted by Crippen LogP contribution is 2.36. The highest BCUT2D eigenvalue weighted by Gasteiger charge is 2.36. The number of sulfone groups is 1. The third-order valence-corrected chi connectivity index (χ3v) is 8.04. The maximum absolute atomic E-state index is 13.6. The van der Waals surface area contributed by atoms with E-state index in [1.165, 1.54) is 23.4 Å². The van der Waals surface area contributed by atoms with Crippen molar-refractivity contribution < 1.29 is 27.1 Å². The molecule has 2 fully saturated rings. The lowest BCUT2D eigenvalue weighted by Gasteiger charge is -2.33. The zero-order valence-corrected chi connectivity index (χ0v) is 19.4. The summed E-state index contributed by atoms with van der Waals surface area (Å²) in [6.07, 6.45) is 2.13. The molecule has 2 aliphatic heterocycles. The van der Waals surface area contributed by atoms with E-state index < -0.39 is 15.9 Å². The van der Waals surface area contributed by atoms with E-state index in [0.717, 1.165) is 0 Å². The summed E-state index contributed by atoms with van der Waals surface area (Å²) in [5.41, 5.74) is 2.63. The van der Waals surface area contributed by atoms with Crippen LogP contribution in [0, 0.1) is 23.6 Å². The minimum atomic E-state index is -3.07. The van der Waals surface area contributed by atoms with E-state index in [1.807, 2.05) is 0 Å². The molecule has 0 bridgehead atoms. The summed E-state index contributed by atoms with van der Waals surface area (Å²) in [5.74, 6) is 5.88. The number of furan rings is 1. The predicted molar refractivity (Wildman–Crippen MR) is 126 cm³/mol. The van der Waals surface area contributed by atoms with Gasteiger partial charge in [-0.05, 0) is 30.2 Å². The molecule has 4 aromatic rings. The number of hydrogen-bond donors (Lipinski definition) is 1. The SMILES string of the molecule is O=C(O)N1CC(C#Cc2cc3c(-c4cn(C5CS(=O)(=O)C5)nc4-c4ccc(F)cc4)ncnc3o2)C1. The molecule has 0 saturated carbocycles. The first-order valence-corrected chi connectivity index (χ1v) is 12.9. The Balaban J connectivity index is 1.39. The Morgan fingerprint density at radius 3 is 2.58 bits per heavy atom. The van der Waals surface area contributed by atoms with Crippen LogP contribution in [-0.2, 0) is 9.84 Å². The Morgan fingerprint density at radius 2 is 1.89 bits per heavy atom. The van der Waals surface area contributed by atoms with E-state index in [2.05, 4.69) is 26.9 Å². The lowest BCUT2D eigenvalue weighted by atomic mass is 10.0. The van der Waals surface area contributed by atoms with Gasteiger partial charge in [-0.3, -0.25) is 4.68 Å². The molecule has 5 heterocycles. The third-order valence-electron chi connectivity index (χ3n) is 6.25. The van der Waals surface area contributed by atoms with Gasteiger partial charge in [-0.15, -0.1) is 0 Å². The number of hydrogen-bond acceptors (Lipinski definition) is 7. The zero-order chi connectivity index (χ0) is 25.0. The summed E-state index contributed by atoms with van der Waals surface area (Å²) in [7, 11) is -3.07. The molecule has 12 heteroatoms. The van der Waals surface area contributed by atoms with Gasteiger partial charge in [-0.2, -0.15) is 5.10 Å². The monoisotopic (exact) mass is 507 g/mol. The smallest absolute Gasteiger partial charge is 0.407 e. The molecular weight excluding hydrogens is 489 g/mol. The van der Waals surface area contributed by atoms with Crippen molar-refractivity contribution in [2.45, 2.75) is 6.04 Å². The standard InChI is InChI=1S/C24H18FN5O5S/c25-16-4-2-15(3-5-16)21-20(10-30(28-21)17-11-36(33,34)12-17)22-19-7-18(35-23(19)27-13-26-22)6-1-14-8-29(9-14)24(31)32/h2-5,7,10,13-14,17H,8-9,11-12H2,(H,31,32). The van der Waals surface area contributed by atoms with Crippen LogP contribution in [0.3, 0.4) is 0 Å². The number of amides is 1. The topological polar surface area (TPSA) is 131 Å². The van der Waals surface area contributed by atoms with Crippen LogP contribution in [-0.4, -0.2) is 68.9 Å². The van der Waals surface area contributed by atoms with E-state index >= 15 is 0 Å². The van der Waals surface area contributed by atoms with Gasteiger partial charge in [0.05, 0.1) is 34.5 Å². The van der Waals surface area contributed by atoms with E-state index in [4.69, 9.17) is 9.52 Å². The van der Waals surface area contributed by atoms with E-state index in [0.29, 0.717) is 52.5 Å². The first kappa shape index (κ1) is 22.2. The van der Waals surface area contributed by atoms with Crippen LogP contribution in [0.5, 0.6) is 0 Å². The van der Waals surface area contributed by atoms with Crippen LogP contribution >= 0.6 is 0 Å². The first-order valence-electron chi connectivity index (χ1n) is 11.1. The van der Waals surface area contributed by atoms with Crippen molar-refractivity contribution in [1.82, 2.24) is 24.6 Å². The number of likely N-dealkylation sites (tertiary alicyclic amines) is 1. The Bertz CT molecular complexity index is 1670. The van der Waals surface area contributed by atoms with Crippen LogP contribution in [0.4, 0.5) is 9.18 Å². The van der Waals surface area contributed by atoms with Gasteiger partial charge in [0.2, 0.25) is 5.71 Å². The predicted octanol–water partition coefficient (Wildman–Crippen LogP) is 2.82. The maximum Gasteiger partial charge on any atom is 0.407 e. The van der Waals surface area contributed by atoms with Crippen molar-refractivity contribution in [3.63, 3.8) is 0 Å². The molecule has 1 aromatic carbocycles. The molecule has 0 aliphatic carbocycles. The fourth-order valence-corrected chi connectivity index (χ4v) is 5.67. The zero-order valence-electron chi connectivity index (χ0n) is 18.6. The first-order chi connectivity index (χ1) is 17.3. The molecule has 0 unspecified atom stereocenters. The third kappa shape index (κ3) is 3.97. The molecule has 10 nitrogen and oxygen atoms in total. The average molecular weight is 508 g/mol. The van der Waals surface area contributed by atoms with Crippen molar-refractivity contribution in [1.29, 1.82) is 0 Å². The average Bonchev–Trinajstić information content (AvgIpc) is 3.40. The Kier molecular flexibility index (Phi) is 5.04. The van der Waals surface area contributed by atoms with Crippen LogP contribution in [0.1, 0.15) is 11.8 Å². The number of aromatic nitrogens is 4. The van der Waals surface area contributed by atoms with Gasteiger partial charge < -0.3 is 14.4 Å². The van der Waals surface area contributed by atoms with E-state index in [9.17, 15) is 17.6 Å². The number of fused-ring (bicyclic) bond motifs is 1. The van der Waals surface area contributed by atoms with Crippen LogP contribution in [0.2, 0.25) is 0 Å². The van der Waals surface area contributed by atoms with Gasteiger partial charge in [-0.1, -0.05) is 5.92 Å². The lowest BCUT2D eigenvalue weighted by Crippen LogP contribution is -2.48. The highest BCUT2D eigenvalue weighted by atomic mass is 32.2. The van der Waals surface area contributed by atoms with Crippen molar-refractivity contribution in [3.05, 3.63) is 54.4 Å². The van der Waals surface area contributed by atoms with Crippen molar-refractivity contribution >= 4 is 27.0 Å². The molecule has 1 amide bonds. The fraction of sp³-hybridized carbons (Fsp3) is 0.250. The second-order valence-electron chi connectivity index (χ2n) is 8.81. The molecule has 182 valence electrons. The summed E-state index contributed by atoms with van der Waals surface area (Å²) < 4.78 is 44.5. The molecular formula is C24H18FN5O5S. The largest absolute Gasteiger partial charge is 0.465 e. The second-order valence-corrected chi connectivity index (χ2v) is 11.0. The van der Waals surface area contributed by atoms with Crippen LogP contribution < -0.4 is 0 Å².